The highest BCUT2D eigenvalue weighted by Crippen LogP contribution is 2.15. The van der Waals surface area contributed by atoms with E-state index in [4.69, 9.17) is 9.63 Å². The molecule has 0 unspecified atom stereocenters. The van der Waals surface area contributed by atoms with Gasteiger partial charge in [-0.15, -0.1) is 0 Å². The second-order valence-electron chi connectivity index (χ2n) is 4.07. The van der Waals surface area contributed by atoms with Crippen molar-refractivity contribution in [2.45, 2.75) is 25.8 Å². The van der Waals surface area contributed by atoms with Gasteiger partial charge in [0.1, 0.15) is 0 Å². The van der Waals surface area contributed by atoms with Gasteiger partial charge in [-0.2, -0.15) is 0 Å². The van der Waals surface area contributed by atoms with Crippen molar-refractivity contribution in [3.8, 4) is 11.4 Å². The Bertz CT molecular complexity index is 531. The summed E-state index contributed by atoms with van der Waals surface area (Å²) in [6.45, 7) is 0.747. The molecule has 0 amide bonds. The molecule has 0 bridgehead atoms. The van der Waals surface area contributed by atoms with Gasteiger partial charge in [-0.05, 0) is 19.3 Å². The number of benzene rings is 1. The van der Waals surface area contributed by atoms with Gasteiger partial charge in [-0.1, -0.05) is 35.5 Å². The molecule has 0 aliphatic rings. The topological polar surface area (TPSA) is 68.3 Å². The van der Waals surface area contributed by atoms with Crippen molar-refractivity contribution < 1.29 is 9.63 Å². The molecule has 0 fully saturated rings. The summed E-state index contributed by atoms with van der Waals surface area (Å²) in [6, 6.07) is 9.48. The highest BCUT2D eigenvalue weighted by atomic mass is 16.5. The van der Waals surface area contributed by atoms with Crippen molar-refractivity contribution in [3.05, 3.63) is 40.9 Å². The lowest BCUT2D eigenvalue weighted by molar-refractivity contribution is 0.281. The summed E-state index contributed by atoms with van der Waals surface area (Å²) in [6.07, 6.45) is 2.45. The Labute approximate surface area is 105 Å². The summed E-state index contributed by atoms with van der Waals surface area (Å²) < 4.78 is 6.25. The number of aromatic nitrogens is 2. The zero-order chi connectivity index (χ0) is 12.8. The first-order valence-corrected chi connectivity index (χ1v) is 6.05. The van der Waals surface area contributed by atoms with Crippen LogP contribution in [0.4, 0.5) is 0 Å². The van der Waals surface area contributed by atoms with Gasteiger partial charge in [0.2, 0.25) is 0 Å². The molecular weight excluding hydrogens is 232 g/mol. The molecule has 0 spiro atoms. The van der Waals surface area contributed by atoms with Gasteiger partial charge in [-0.25, -0.2) is 4.79 Å². The molecule has 0 aliphatic carbocycles. The Morgan fingerprint density at radius 3 is 2.67 bits per heavy atom. The predicted molar refractivity (Wildman–Crippen MR) is 67.1 cm³/mol. The van der Waals surface area contributed by atoms with Gasteiger partial charge in [-0.3, -0.25) is 9.09 Å². The minimum atomic E-state index is -0.433. The van der Waals surface area contributed by atoms with Crippen molar-refractivity contribution in [2.24, 2.45) is 0 Å². The van der Waals surface area contributed by atoms with Crippen molar-refractivity contribution in [1.82, 2.24) is 9.72 Å². The maximum Gasteiger partial charge on any atom is 0.441 e. The number of hydrogen-bond acceptors (Lipinski definition) is 4. The lowest BCUT2D eigenvalue weighted by Gasteiger charge is -2.03. The van der Waals surface area contributed by atoms with E-state index in [9.17, 15) is 4.79 Å². The van der Waals surface area contributed by atoms with Crippen LogP contribution in [0.2, 0.25) is 0 Å². The standard InChI is InChI=1S/C13H16N2O3/c16-10-6-2-5-9-15-12(14-18-13(15)17)11-7-3-1-4-8-11/h1,3-4,7-8,16H,2,5-6,9-10H2. The molecule has 1 heterocycles. The second-order valence-corrected chi connectivity index (χ2v) is 4.07. The van der Waals surface area contributed by atoms with Gasteiger partial charge in [0.15, 0.2) is 5.82 Å². The number of aliphatic hydroxyl groups is 1. The Hall–Kier alpha value is -1.88. The first-order chi connectivity index (χ1) is 8.83. The SMILES string of the molecule is O=c1onc(-c2ccccc2)n1CCCCCO. The second kappa shape index (κ2) is 6.16. The van der Waals surface area contributed by atoms with Gasteiger partial charge >= 0.3 is 5.76 Å². The number of hydrogen-bond donors (Lipinski definition) is 1. The Morgan fingerprint density at radius 1 is 1.17 bits per heavy atom. The average molecular weight is 248 g/mol. The normalized spacial score (nSPS) is 10.7. The van der Waals surface area contributed by atoms with E-state index in [0.717, 1.165) is 24.8 Å². The molecule has 0 saturated heterocycles. The summed E-state index contributed by atoms with van der Waals surface area (Å²) in [5.41, 5.74) is 0.866. The maximum atomic E-state index is 11.6. The van der Waals surface area contributed by atoms with E-state index in [1.165, 1.54) is 4.57 Å². The van der Waals surface area contributed by atoms with Crippen LogP contribution in [0, 0.1) is 0 Å². The molecule has 0 atom stereocenters. The fourth-order valence-electron chi connectivity index (χ4n) is 1.82. The lowest BCUT2D eigenvalue weighted by atomic mass is 10.2. The largest absolute Gasteiger partial charge is 0.441 e. The molecule has 2 aromatic rings. The molecule has 1 aromatic carbocycles. The van der Waals surface area contributed by atoms with Gasteiger partial charge in [0.25, 0.3) is 0 Å². The fraction of sp³-hybridized carbons (Fsp3) is 0.385. The summed E-state index contributed by atoms with van der Waals surface area (Å²) in [5, 5.41) is 12.5. The van der Waals surface area contributed by atoms with Crippen LogP contribution >= 0.6 is 0 Å². The van der Waals surface area contributed by atoms with E-state index in [0.29, 0.717) is 12.4 Å². The van der Waals surface area contributed by atoms with E-state index >= 15 is 0 Å². The molecule has 0 aliphatic heterocycles. The third-order valence-corrected chi connectivity index (χ3v) is 2.76. The Kier molecular flexibility index (Phi) is 4.30. The molecule has 1 N–H and O–H groups in total. The summed E-state index contributed by atoms with van der Waals surface area (Å²) in [7, 11) is 0. The molecule has 5 heteroatoms. The Balaban J connectivity index is 2.15. The van der Waals surface area contributed by atoms with Gasteiger partial charge < -0.3 is 5.11 Å². The lowest BCUT2D eigenvalue weighted by Crippen LogP contribution is -2.15. The van der Waals surface area contributed by atoms with Crippen LogP contribution in [0.25, 0.3) is 11.4 Å². The van der Waals surface area contributed by atoms with Crippen LogP contribution in [0.15, 0.2) is 39.6 Å². The minimum Gasteiger partial charge on any atom is -0.396 e. The molecule has 0 radical (unpaired) electrons. The molecule has 0 saturated carbocycles. The van der Waals surface area contributed by atoms with Crippen molar-refractivity contribution >= 4 is 0 Å². The minimum absolute atomic E-state index is 0.185. The highest BCUT2D eigenvalue weighted by molar-refractivity contribution is 5.54. The molecule has 96 valence electrons. The number of unbranched alkanes of at least 4 members (excludes halogenated alkanes) is 2. The maximum absolute atomic E-state index is 11.6. The number of aliphatic hydroxyl groups excluding tert-OH is 1. The Morgan fingerprint density at radius 2 is 1.94 bits per heavy atom. The van der Waals surface area contributed by atoms with E-state index in [-0.39, 0.29) is 6.61 Å². The van der Waals surface area contributed by atoms with Gasteiger partial charge in [0, 0.05) is 18.7 Å². The molecule has 2 rings (SSSR count). The fourth-order valence-corrected chi connectivity index (χ4v) is 1.82. The van der Waals surface area contributed by atoms with Crippen LogP contribution in [0.5, 0.6) is 0 Å². The summed E-state index contributed by atoms with van der Waals surface area (Å²) in [5.74, 6) is 0.127. The average Bonchev–Trinajstić information content (AvgIpc) is 2.77. The molecule has 1 aromatic heterocycles. The quantitative estimate of drug-likeness (QED) is 0.789. The van der Waals surface area contributed by atoms with E-state index in [2.05, 4.69) is 5.16 Å². The van der Waals surface area contributed by atoms with Crippen molar-refractivity contribution in [1.29, 1.82) is 0 Å². The molecule has 5 nitrogen and oxygen atoms in total. The zero-order valence-electron chi connectivity index (χ0n) is 10.1. The number of rotatable bonds is 6. The van der Waals surface area contributed by atoms with Crippen molar-refractivity contribution in [2.75, 3.05) is 6.61 Å². The summed E-state index contributed by atoms with van der Waals surface area (Å²) >= 11 is 0. The summed E-state index contributed by atoms with van der Waals surface area (Å²) in [4.78, 5) is 11.6. The van der Waals surface area contributed by atoms with E-state index < -0.39 is 5.76 Å². The van der Waals surface area contributed by atoms with Crippen molar-refractivity contribution in [3.63, 3.8) is 0 Å². The van der Waals surface area contributed by atoms with Crippen LogP contribution in [0.1, 0.15) is 19.3 Å². The van der Waals surface area contributed by atoms with Crippen LogP contribution < -0.4 is 5.76 Å². The number of nitrogens with zero attached hydrogens (tertiary/aromatic N) is 2. The first kappa shape index (κ1) is 12.6. The highest BCUT2D eigenvalue weighted by Gasteiger charge is 2.11. The van der Waals surface area contributed by atoms with Crippen LogP contribution in [0.3, 0.4) is 0 Å². The zero-order valence-corrected chi connectivity index (χ0v) is 10.1. The monoisotopic (exact) mass is 248 g/mol. The third-order valence-electron chi connectivity index (χ3n) is 2.76. The van der Waals surface area contributed by atoms with E-state index in [1.807, 2.05) is 30.3 Å². The first-order valence-electron chi connectivity index (χ1n) is 6.05. The predicted octanol–water partition coefficient (Wildman–Crippen LogP) is 1.67. The van der Waals surface area contributed by atoms with Crippen LogP contribution in [-0.4, -0.2) is 21.4 Å². The van der Waals surface area contributed by atoms with E-state index in [1.54, 1.807) is 0 Å². The smallest absolute Gasteiger partial charge is 0.396 e. The van der Waals surface area contributed by atoms with Crippen LogP contribution in [-0.2, 0) is 6.54 Å². The molecule has 18 heavy (non-hydrogen) atoms. The molecular formula is C13H16N2O3. The van der Waals surface area contributed by atoms with Gasteiger partial charge in [0.05, 0.1) is 0 Å². The third kappa shape index (κ3) is 2.87.